The van der Waals surface area contributed by atoms with Gasteiger partial charge in [0.05, 0.1) is 19.3 Å². The fourth-order valence-electron chi connectivity index (χ4n) is 2.26. The van der Waals surface area contributed by atoms with Gasteiger partial charge in [0.15, 0.2) is 11.2 Å². The highest BCUT2D eigenvalue weighted by Crippen LogP contribution is 2.16. The zero-order valence-corrected chi connectivity index (χ0v) is 12.9. The van der Waals surface area contributed by atoms with Crippen LogP contribution in [0, 0.1) is 0 Å². The molecule has 0 aromatic carbocycles. The second kappa shape index (κ2) is 6.32. The van der Waals surface area contributed by atoms with Crippen molar-refractivity contribution in [3.05, 3.63) is 20.8 Å². The maximum atomic E-state index is 12.4. The van der Waals surface area contributed by atoms with Gasteiger partial charge < -0.3 is 20.1 Å². The zero-order valence-electron chi connectivity index (χ0n) is 12.9. The molecule has 0 aliphatic heterocycles. The van der Waals surface area contributed by atoms with E-state index in [1.807, 2.05) is 6.92 Å². The van der Waals surface area contributed by atoms with Crippen LogP contribution in [0.25, 0.3) is 11.2 Å². The first-order valence-electron chi connectivity index (χ1n) is 7.11. The smallest absolute Gasteiger partial charge is 0.332 e. The molecule has 2 aromatic heterocycles. The molecule has 22 heavy (non-hydrogen) atoms. The van der Waals surface area contributed by atoms with Crippen molar-refractivity contribution >= 4 is 17.1 Å². The second-order valence-electron chi connectivity index (χ2n) is 5.19. The van der Waals surface area contributed by atoms with Crippen LogP contribution in [0.15, 0.2) is 9.59 Å². The van der Waals surface area contributed by atoms with Crippen LogP contribution in [-0.4, -0.2) is 48.2 Å². The molecular weight excluding hydrogens is 290 g/mol. The Balaban J connectivity index is 2.75. The van der Waals surface area contributed by atoms with E-state index in [4.69, 9.17) is 5.11 Å². The van der Waals surface area contributed by atoms with Gasteiger partial charge >= 0.3 is 5.69 Å². The molecule has 9 nitrogen and oxygen atoms in total. The number of aliphatic hydroxyl groups excluding tert-OH is 2. The molecule has 0 fully saturated rings. The van der Waals surface area contributed by atoms with Gasteiger partial charge in [0, 0.05) is 20.6 Å². The van der Waals surface area contributed by atoms with Gasteiger partial charge in [0.2, 0.25) is 5.95 Å². The van der Waals surface area contributed by atoms with Crippen molar-refractivity contribution in [2.24, 2.45) is 14.1 Å². The number of hydrogen-bond acceptors (Lipinski definition) is 6. The Morgan fingerprint density at radius 1 is 1.27 bits per heavy atom. The number of anilines is 1. The van der Waals surface area contributed by atoms with Crippen LogP contribution in [0.3, 0.4) is 0 Å². The summed E-state index contributed by atoms with van der Waals surface area (Å²) in [7, 11) is 2.93. The van der Waals surface area contributed by atoms with Crippen molar-refractivity contribution < 1.29 is 10.2 Å². The van der Waals surface area contributed by atoms with Crippen LogP contribution in [0.1, 0.15) is 13.3 Å². The van der Waals surface area contributed by atoms with Crippen LogP contribution < -0.4 is 16.6 Å². The average Bonchev–Trinajstić information content (AvgIpc) is 2.87. The highest BCUT2D eigenvalue weighted by atomic mass is 16.3. The molecule has 0 saturated heterocycles. The Bertz CT molecular complexity index is 788. The molecule has 9 heteroatoms. The number of rotatable bonds is 6. The Morgan fingerprint density at radius 3 is 2.55 bits per heavy atom. The van der Waals surface area contributed by atoms with Gasteiger partial charge in [-0.25, -0.2) is 4.79 Å². The Morgan fingerprint density at radius 2 is 1.95 bits per heavy atom. The van der Waals surface area contributed by atoms with Crippen molar-refractivity contribution in [3.8, 4) is 0 Å². The van der Waals surface area contributed by atoms with Gasteiger partial charge in [-0.15, -0.1) is 0 Å². The van der Waals surface area contributed by atoms with Gasteiger partial charge in [0.1, 0.15) is 0 Å². The van der Waals surface area contributed by atoms with E-state index in [0.29, 0.717) is 12.5 Å². The summed E-state index contributed by atoms with van der Waals surface area (Å²) in [5, 5.41) is 21.8. The van der Waals surface area contributed by atoms with Gasteiger partial charge in [-0.3, -0.25) is 13.9 Å². The Hall–Kier alpha value is -2.13. The molecule has 2 aromatic rings. The Labute approximate surface area is 126 Å². The predicted octanol–water partition coefficient (Wildman–Crippen LogP) is -1.39. The quantitative estimate of drug-likeness (QED) is 0.605. The second-order valence-corrected chi connectivity index (χ2v) is 5.19. The molecule has 0 amide bonds. The normalized spacial score (nSPS) is 12.8. The van der Waals surface area contributed by atoms with Crippen molar-refractivity contribution in [2.75, 3.05) is 18.5 Å². The molecule has 2 heterocycles. The highest BCUT2D eigenvalue weighted by Gasteiger charge is 2.20. The van der Waals surface area contributed by atoms with Crippen molar-refractivity contribution in [1.82, 2.24) is 18.7 Å². The first-order chi connectivity index (χ1) is 10.4. The summed E-state index contributed by atoms with van der Waals surface area (Å²) in [5.41, 5.74) is -0.486. The summed E-state index contributed by atoms with van der Waals surface area (Å²) in [6, 6.07) is 0. The molecule has 122 valence electrons. The molecule has 0 spiro atoms. The number of aliphatic hydroxyl groups is 2. The third kappa shape index (κ3) is 2.64. The summed E-state index contributed by atoms with van der Waals surface area (Å²) in [6.07, 6.45) is -0.176. The number of aryl methyl sites for hydroxylation is 1. The van der Waals surface area contributed by atoms with E-state index in [1.165, 1.54) is 23.2 Å². The lowest BCUT2D eigenvalue weighted by Gasteiger charge is -2.13. The monoisotopic (exact) mass is 311 g/mol. The molecule has 3 N–H and O–H groups in total. The lowest BCUT2D eigenvalue weighted by molar-refractivity contribution is 0.0824. The van der Waals surface area contributed by atoms with Crippen LogP contribution >= 0.6 is 0 Å². The molecule has 0 saturated carbocycles. The maximum absolute atomic E-state index is 12.4. The van der Waals surface area contributed by atoms with E-state index in [2.05, 4.69) is 10.3 Å². The number of imidazole rings is 1. The summed E-state index contributed by atoms with van der Waals surface area (Å²) >= 11 is 0. The van der Waals surface area contributed by atoms with Crippen molar-refractivity contribution in [2.45, 2.75) is 26.0 Å². The third-order valence-corrected chi connectivity index (χ3v) is 3.49. The van der Waals surface area contributed by atoms with Gasteiger partial charge in [0.25, 0.3) is 5.56 Å². The van der Waals surface area contributed by atoms with Crippen molar-refractivity contribution in [1.29, 1.82) is 0 Å². The number of hydrogen-bond donors (Lipinski definition) is 3. The topological polar surface area (TPSA) is 114 Å². The number of fused-ring (bicyclic) bond motifs is 1. The molecule has 0 unspecified atom stereocenters. The highest BCUT2D eigenvalue weighted by molar-refractivity contribution is 5.74. The van der Waals surface area contributed by atoms with Crippen molar-refractivity contribution in [3.63, 3.8) is 0 Å². The van der Waals surface area contributed by atoms with E-state index in [9.17, 15) is 14.7 Å². The minimum atomic E-state index is -1.03. The van der Waals surface area contributed by atoms with E-state index in [-0.39, 0.29) is 17.7 Å². The summed E-state index contributed by atoms with van der Waals surface area (Å²) < 4.78 is 3.79. The van der Waals surface area contributed by atoms with E-state index >= 15 is 0 Å². The molecule has 0 aliphatic rings. The maximum Gasteiger partial charge on any atom is 0.332 e. The first-order valence-corrected chi connectivity index (χ1v) is 7.11. The Kier molecular flexibility index (Phi) is 4.67. The third-order valence-electron chi connectivity index (χ3n) is 3.49. The standard InChI is InChI=1S/C13H21N5O4/c1-4-5-14-12-15-10-9(18(12)6-8(20)7-19)11(21)17(3)13(22)16(10)2/h8,19-20H,4-7H2,1-3H3,(H,14,15)/t8-/m1/s1. The molecular formula is C13H21N5O4. The number of aromatic nitrogens is 4. The van der Waals surface area contributed by atoms with E-state index < -0.39 is 24.0 Å². The molecule has 2 rings (SSSR count). The zero-order chi connectivity index (χ0) is 16.4. The van der Waals surface area contributed by atoms with Crippen LogP contribution in [-0.2, 0) is 20.6 Å². The van der Waals surface area contributed by atoms with Gasteiger partial charge in [-0.2, -0.15) is 4.98 Å². The lowest BCUT2D eigenvalue weighted by atomic mass is 10.3. The summed E-state index contributed by atoms with van der Waals surface area (Å²) in [6.45, 7) is 2.19. The van der Waals surface area contributed by atoms with Gasteiger partial charge in [-0.05, 0) is 6.42 Å². The minimum Gasteiger partial charge on any atom is -0.394 e. The van der Waals surface area contributed by atoms with Gasteiger partial charge in [-0.1, -0.05) is 6.92 Å². The fourth-order valence-corrected chi connectivity index (χ4v) is 2.26. The molecule has 1 atom stereocenters. The SMILES string of the molecule is CCCNc1nc2c(c(=O)n(C)c(=O)n2C)n1C[C@@H](O)CO. The fraction of sp³-hybridized carbons (Fsp3) is 0.615. The predicted molar refractivity (Wildman–Crippen MR) is 82.1 cm³/mol. The summed E-state index contributed by atoms with van der Waals surface area (Å²) in [4.78, 5) is 28.7. The average molecular weight is 311 g/mol. The van der Waals surface area contributed by atoms with Crippen LogP contribution in [0.4, 0.5) is 5.95 Å². The molecule has 0 aliphatic carbocycles. The largest absolute Gasteiger partial charge is 0.394 e. The molecule has 0 bridgehead atoms. The minimum absolute atomic E-state index is 0.00644. The van der Waals surface area contributed by atoms with E-state index in [0.717, 1.165) is 11.0 Å². The van der Waals surface area contributed by atoms with E-state index in [1.54, 1.807) is 0 Å². The van der Waals surface area contributed by atoms with Crippen LogP contribution in [0.5, 0.6) is 0 Å². The van der Waals surface area contributed by atoms with Crippen LogP contribution in [0.2, 0.25) is 0 Å². The lowest BCUT2D eigenvalue weighted by Crippen LogP contribution is -2.38. The first kappa shape index (κ1) is 16.2. The molecule has 0 radical (unpaired) electrons. The summed E-state index contributed by atoms with van der Waals surface area (Å²) in [5.74, 6) is 0.391. The number of nitrogens with zero attached hydrogens (tertiary/aromatic N) is 4. The number of nitrogens with one attached hydrogen (secondary N) is 1.